The van der Waals surface area contributed by atoms with Gasteiger partial charge in [0.15, 0.2) is 0 Å². The van der Waals surface area contributed by atoms with E-state index in [1.165, 1.54) is 53.4 Å². The number of nitrogens with zero attached hydrogens (tertiary/aromatic N) is 1. The van der Waals surface area contributed by atoms with Crippen LogP contribution in [0, 0.1) is 11.8 Å². The number of unbranched alkanes of at least 4 members (excludes halogenated alkanes) is 5. The number of likely N-dealkylation sites (tertiary alicyclic amines) is 1. The third-order valence-electron chi connectivity index (χ3n) is 13.0. The van der Waals surface area contributed by atoms with Crippen LogP contribution in [0.2, 0.25) is 0 Å². The Morgan fingerprint density at radius 2 is 1.11 bits per heavy atom. The molecule has 0 saturated carbocycles. The van der Waals surface area contributed by atoms with E-state index < -0.39 is 94.1 Å². The quantitative estimate of drug-likeness (QED) is 0.0401. The van der Waals surface area contributed by atoms with E-state index in [1.54, 1.807) is 0 Å². The van der Waals surface area contributed by atoms with Crippen molar-refractivity contribution in [1.82, 2.24) is 58.1 Å². The molecule has 1 heterocycles. The monoisotopic (exact) mass is 1080 g/mol. The number of hydrogen-bond acceptors (Lipinski definition) is 12. The minimum absolute atomic E-state index is 0.00453. The van der Waals surface area contributed by atoms with Gasteiger partial charge in [0, 0.05) is 45.1 Å². The molecule has 0 aromatic heterocycles. The summed E-state index contributed by atoms with van der Waals surface area (Å²) in [5.41, 5.74) is -4.78. The smallest absolute Gasteiger partial charge is 0.246 e. The van der Waals surface area contributed by atoms with Gasteiger partial charge in [-0.05, 0) is 106 Å². The highest BCUT2D eigenvalue weighted by atomic mass is 16.3. The van der Waals surface area contributed by atoms with Crippen molar-refractivity contribution in [1.29, 1.82) is 0 Å². The Kier molecular flexibility index (Phi) is 30.4. The zero-order valence-electron chi connectivity index (χ0n) is 48.5. The Hall–Kier alpha value is -5.38. The summed E-state index contributed by atoms with van der Waals surface area (Å²) in [7, 11) is 0. The fourth-order valence-corrected chi connectivity index (χ4v) is 8.46. The molecule has 1 aliphatic rings. The first-order valence-corrected chi connectivity index (χ1v) is 27.8. The maximum Gasteiger partial charge on any atom is 0.246 e. The molecule has 0 aromatic carbocycles. The van der Waals surface area contributed by atoms with Gasteiger partial charge in [-0.1, -0.05) is 80.1 Å². The molecule has 1 fully saturated rings. The number of amides is 10. The summed E-state index contributed by atoms with van der Waals surface area (Å²) in [5.74, 6) is -5.58. The summed E-state index contributed by atoms with van der Waals surface area (Å²) in [6.45, 7) is 24.8. The zero-order chi connectivity index (χ0) is 58.0. The van der Waals surface area contributed by atoms with Gasteiger partial charge in [-0.2, -0.15) is 0 Å². The van der Waals surface area contributed by atoms with E-state index in [0.717, 1.165) is 32.1 Å². The molecule has 22 heteroatoms. The second-order valence-corrected chi connectivity index (χ2v) is 22.9. The van der Waals surface area contributed by atoms with Gasteiger partial charge in [-0.15, -0.1) is 0 Å². The van der Waals surface area contributed by atoms with Crippen LogP contribution in [0.3, 0.4) is 0 Å². The van der Waals surface area contributed by atoms with Crippen molar-refractivity contribution in [2.75, 3.05) is 32.8 Å². The third kappa shape index (κ3) is 25.2. The second kappa shape index (κ2) is 33.7. The van der Waals surface area contributed by atoms with E-state index >= 15 is 0 Å². The summed E-state index contributed by atoms with van der Waals surface area (Å²) in [6.07, 6.45) is 8.06. The maximum atomic E-state index is 14.3. The van der Waals surface area contributed by atoms with E-state index in [1.807, 2.05) is 41.5 Å². The normalized spacial score (nSPS) is 15.9. The van der Waals surface area contributed by atoms with Crippen molar-refractivity contribution in [3.63, 3.8) is 0 Å². The lowest BCUT2D eigenvalue weighted by atomic mass is 9.96. The number of carbonyl (C=O) groups is 10. The lowest BCUT2D eigenvalue weighted by Crippen LogP contribution is -2.66. The molecule has 1 aliphatic heterocycles. The van der Waals surface area contributed by atoms with Crippen LogP contribution >= 0.6 is 0 Å². The van der Waals surface area contributed by atoms with Crippen LogP contribution in [-0.2, 0) is 47.9 Å². The molecule has 22 nitrogen and oxygen atoms in total. The summed E-state index contributed by atoms with van der Waals surface area (Å²) in [4.78, 5) is 137. The second-order valence-electron chi connectivity index (χ2n) is 22.9. The van der Waals surface area contributed by atoms with Gasteiger partial charge in [-0.25, -0.2) is 0 Å². The molecule has 1 saturated heterocycles. The van der Waals surface area contributed by atoms with Crippen LogP contribution < -0.4 is 53.2 Å². The zero-order valence-corrected chi connectivity index (χ0v) is 48.5. The average molecular weight is 1080 g/mol. The van der Waals surface area contributed by atoms with E-state index in [4.69, 9.17) is 5.11 Å². The molecule has 11 N–H and O–H groups in total. The first kappa shape index (κ1) is 68.6. The molecule has 0 radical (unpaired) electrons. The maximum absolute atomic E-state index is 14.3. The van der Waals surface area contributed by atoms with Crippen LogP contribution in [-0.4, -0.2) is 155 Å². The number of carbonyl (C=O) groups excluding carboxylic acids is 10. The van der Waals surface area contributed by atoms with Crippen LogP contribution in [0.4, 0.5) is 0 Å². The Bertz CT molecular complexity index is 1930. The minimum atomic E-state index is -1.63. The largest absolute Gasteiger partial charge is 0.395 e. The first-order valence-electron chi connectivity index (χ1n) is 27.8. The molecule has 6 atom stereocenters. The van der Waals surface area contributed by atoms with E-state index in [-0.39, 0.29) is 68.5 Å². The fourth-order valence-electron chi connectivity index (χ4n) is 8.46. The number of aliphatic hydroxyl groups excluding tert-OH is 1. The number of hydrogen-bond donors (Lipinski definition) is 11. The van der Waals surface area contributed by atoms with Gasteiger partial charge >= 0.3 is 0 Å². The molecule has 1 unspecified atom stereocenters. The molecular weight excluding hydrogens is 979 g/mol. The summed E-state index contributed by atoms with van der Waals surface area (Å²) in [6, 6.07) is -5.25. The van der Waals surface area contributed by atoms with Gasteiger partial charge in [0.05, 0.1) is 6.61 Å². The molecule has 10 amide bonds. The molecule has 0 spiro atoms. The Labute approximate surface area is 453 Å². The minimum Gasteiger partial charge on any atom is -0.395 e. The Morgan fingerprint density at radius 1 is 0.566 bits per heavy atom. The van der Waals surface area contributed by atoms with Crippen LogP contribution in [0.1, 0.15) is 187 Å². The van der Waals surface area contributed by atoms with Crippen LogP contribution in [0.5, 0.6) is 0 Å². The summed E-state index contributed by atoms with van der Waals surface area (Å²) in [5, 5.41) is 36.6. The van der Waals surface area contributed by atoms with Crippen LogP contribution in [0.15, 0.2) is 0 Å². The third-order valence-corrected chi connectivity index (χ3v) is 13.0. The number of nitrogens with one attached hydrogen (secondary N) is 10. The van der Waals surface area contributed by atoms with Crippen molar-refractivity contribution in [2.45, 2.75) is 240 Å². The summed E-state index contributed by atoms with van der Waals surface area (Å²) >= 11 is 0. The highest BCUT2D eigenvalue weighted by Crippen LogP contribution is 2.20. The molecule has 1 rings (SSSR count). The standard InChI is InChI=1S/C54H99N11O11/c1-15-17-18-19-20-21-24-38(60-50(75)53(11,12)64-51(76)54(13,14)62-44(69)37(8)58-48(73)41-25-22-29-65(41)43(68)23-16-2)46(71)59-40(32-35(5)6)47(72)63-52(9,10)49(74)61-39(31-34(3)4)45(70)56-27-26-42(67)57-36(7)33-55-28-30-66/h34-41,55,66H,15-33H2,1-14H3,(H,56,70)(H,57,67)(H,58,73)(H,59,71)(H,60,75)(H,61,74)(H,62,69)(H,63,72)(H,64,76)/t36-,37-,38-,39-,40-,41?/m0/s1. The Morgan fingerprint density at radius 3 is 1.68 bits per heavy atom. The van der Waals surface area contributed by atoms with E-state index in [2.05, 4.69) is 60.1 Å². The predicted octanol–water partition coefficient (Wildman–Crippen LogP) is 1.86. The predicted molar refractivity (Wildman–Crippen MR) is 292 cm³/mol. The Balaban J connectivity index is 3.17. The molecule has 436 valence electrons. The first-order chi connectivity index (χ1) is 35.4. The number of rotatable bonds is 36. The van der Waals surface area contributed by atoms with Gasteiger partial charge in [0.2, 0.25) is 59.1 Å². The van der Waals surface area contributed by atoms with Crippen LogP contribution in [0.25, 0.3) is 0 Å². The molecular formula is C54H99N11O11. The SMILES string of the molecule is CCCCCCCC[C@H](NC(=O)C(C)(C)NC(=O)C(C)(C)NC(=O)[C@H](C)NC(=O)C1CCCN1C(=O)CCC)C(=O)N[C@@H](CC(C)C)C(=O)NC(C)(C)C(=O)N[C@@H](CC(C)C)C(=O)NCCC(=O)N[C@@H](C)CNCCO. The lowest BCUT2D eigenvalue weighted by molar-refractivity contribution is -0.140. The number of aliphatic hydroxyl groups is 1. The highest BCUT2D eigenvalue weighted by Gasteiger charge is 2.41. The summed E-state index contributed by atoms with van der Waals surface area (Å²) < 4.78 is 0. The molecule has 0 bridgehead atoms. The van der Waals surface area contributed by atoms with Crippen molar-refractivity contribution < 1.29 is 53.1 Å². The fraction of sp³-hybridized carbons (Fsp3) is 0.815. The highest BCUT2D eigenvalue weighted by molar-refractivity contribution is 6.00. The molecule has 0 aliphatic carbocycles. The van der Waals surface area contributed by atoms with Crippen molar-refractivity contribution >= 4 is 59.1 Å². The van der Waals surface area contributed by atoms with Gasteiger partial charge in [0.1, 0.15) is 46.8 Å². The van der Waals surface area contributed by atoms with Gasteiger partial charge in [-0.3, -0.25) is 47.9 Å². The molecule has 76 heavy (non-hydrogen) atoms. The van der Waals surface area contributed by atoms with Gasteiger partial charge in [0.25, 0.3) is 0 Å². The van der Waals surface area contributed by atoms with E-state index in [9.17, 15) is 47.9 Å². The topological polar surface area (TPSA) is 314 Å². The lowest BCUT2D eigenvalue weighted by Gasteiger charge is -2.34. The van der Waals surface area contributed by atoms with Gasteiger partial charge < -0.3 is 63.2 Å². The van der Waals surface area contributed by atoms with Crippen molar-refractivity contribution in [3.05, 3.63) is 0 Å². The van der Waals surface area contributed by atoms with Crippen molar-refractivity contribution in [2.24, 2.45) is 11.8 Å². The van der Waals surface area contributed by atoms with Crippen molar-refractivity contribution in [3.8, 4) is 0 Å². The van der Waals surface area contributed by atoms with E-state index in [0.29, 0.717) is 51.7 Å². The average Bonchev–Trinajstić information content (AvgIpc) is 3.82. The molecule has 0 aromatic rings.